The van der Waals surface area contributed by atoms with Gasteiger partial charge < -0.3 is 15.2 Å². The molecule has 0 unspecified atom stereocenters. The molecule has 0 bridgehead atoms. The lowest BCUT2D eigenvalue weighted by molar-refractivity contribution is -0.132. The van der Waals surface area contributed by atoms with Crippen molar-refractivity contribution in [1.29, 1.82) is 0 Å². The van der Waals surface area contributed by atoms with Gasteiger partial charge in [0, 0.05) is 6.92 Å². The molecule has 3 heterocycles. The Balaban J connectivity index is 1.79. The van der Waals surface area contributed by atoms with Crippen molar-refractivity contribution in [2.24, 2.45) is 0 Å². The molecule has 0 saturated carbocycles. The highest BCUT2D eigenvalue weighted by atomic mass is 16.5. The molecule has 2 fully saturated rings. The minimum Gasteiger partial charge on any atom is -0.340 e. The van der Waals surface area contributed by atoms with Gasteiger partial charge in [-0.2, -0.15) is 4.98 Å². The van der Waals surface area contributed by atoms with E-state index in [2.05, 4.69) is 20.8 Å². The van der Waals surface area contributed by atoms with Crippen molar-refractivity contribution in [3.63, 3.8) is 0 Å². The summed E-state index contributed by atoms with van der Waals surface area (Å²) in [7, 11) is 0. The van der Waals surface area contributed by atoms with E-state index in [-0.39, 0.29) is 18.5 Å². The van der Waals surface area contributed by atoms with E-state index in [1.54, 1.807) is 6.92 Å². The van der Waals surface area contributed by atoms with Crippen molar-refractivity contribution in [2.45, 2.75) is 31.8 Å². The molecule has 0 aromatic carbocycles. The fourth-order valence-corrected chi connectivity index (χ4v) is 2.56. The zero-order valence-corrected chi connectivity index (χ0v) is 10.6. The van der Waals surface area contributed by atoms with Crippen LogP contribution in [0.15, 0.2) is 4.52 Å². The first-order valence-electron chi connectivity index (χ1n) is 6.25. The van der Waals surface area contributed by atoms with Crippen LogP contribution in [-0.4, -0.2) is 45.6 Å². The van der Waals surface area contributed by atoms with E-state index in [0.29, 0.717) is 24.6 Å². The number of hydrogen-bond donors (Lipinski definition) is 2. The third kappa shape index (κ3) is 1.97. The summed E-state index contributed by atoms with van der Waals surface area (Å²) in [6.07, 6.45) is 1.22. The second-order valence-electron chi connectivity index (χ2n) is 4.88. The molecular weight excluding hydrogens is 250 g/mol. The summed E-state index contributed by atoms with van der Waals surface area (Å²) >= 11 is 0. The number of imide groups is 1. The van der Waals surface area contributed by atoms with Gasteiger partial charge in [-0.15, -0.1) is 0 Å². The monoisotopic (exact) mass is 265 g/mol. The fraction of sp³-hybridized carbons (Fsp3) is 0.636. The number of nitrogens with zero attached hydrogens (tertiary/aromatic N) is 3. The molecule has 0 atom stereocenters. The van der Waals surface area contributed by atoms with Crippen LogP contribution in [0.3, 0.4) is 0 Å². The molecular formula is C11H15N5O3. The number of aryl methyl sites for hydroxylation is 1. The first-order chi connectivity index (χ1) is 9.11. The molecule has 1 aromatic rings. The number of hydrogen-bond acceptors (Lipinski definition) is 6. The standard InChI is InChI=1S/C11H15N5O3/c1-7-13-8(15-19-7)6-16-9(17)11(14-10(16)18)2-4-12-5-3-11/h12H,2-6H2,1H3,(H,14,18). The first-order valence-corrected chi connectivity index (χ1v) is 6.25. The molecule has 1 spiro atoms. The van der Waals surface area contributed by atoms with Crippen molar-refractivity contribution < 1.29 is 14.1 Å². The highest BCUT2D eigenvalue weighted by Gasteiger charge is 2.51. The van der Waals surface area contributed by atoms with E-state index in [1.807, 2.05) is 0 Å². The number of aromatic nitrogens is 2. The Bertz CT molecular complexity index is 520. The largest absolute Gasteiger partial charge is 0.340 e. The maximum atomic E-state index is 12.4. The van der Waals surface area contributed by atoms with Crippen molar-refractivity contribution >= 4 is 11.9 Å². The molecule has 8 nitrogen and oxygen atoms in total. The molecule has 0 radical (unpaired) electrons. The van der Waals surface area contributed by atoms with Gasteiger partial charge in [-0.05, 0) is 25.9 Å². The number of carbonyl (C=O) groups excluding carboxylic acids is 2. The average molecular weight is 265 g/mol. The zero-order valence-electron chi connectivity index (χ0n) is 10.6. The summed E-state index contributed by atoms with van der Waals surface area (Å²) in [5, 5.41) is 9.69. The molecule has 2 saturated heterocycles. The van der Waals surface area contributed by atoms with Gasteiger partial charge in [0.1, 0.15) is 5.54 Å². The maximum Gasteiger partial charge on any atom is 0.325 e. The predicted octanol–water partition coefficient (Wildman–Crippen LogP) is -0.448. The van der Waals surface area contributed by atoms with E-state index >= 15 is 0 Å². The fourth-order valence-electron chi connectivity index (χ4n) is 2.56. The van der Waals surface area contributed by atoms with Gasteiger partial charge in [-0.25, -0.2) is 4.79 Å². The number of nitrogens with one attached hydrogen (secondary N) is 2. The van der Waals surface area contributed by atoms with Crippen molar-refractivity contribution in [3.8, 4) is 0 Å². The Labute approximate surface area is 109 Å². The Hall–Kier alpha value is -1.96. The van der Waals surface area contributed by atoms with Crippen LogP contribution in [0.25, 0.3) is 0 Å². The highest BCUT2D eigenvalue weighted by molar-refractivity contribution is 6.07. The second kappa shape index (κ2) is 4.30. The minimum atomic E-state index is -0.749. The van der Waals surface area contributed by atoms with Crippen LogP contribution >= 0.6 is 0 Å². The normalized spacial score (nSPS) is 22.1. The number of carbonyl (C=O) groups is 2. The molecule has 2 aliphatic rings. The predicted molar refractivity (Wildman–Crippen MR) is 63.0 cm³/mol. The molecule has 8 heteroatoms. The number of urea groups is 1. The van der Waals surface area contributed by atoms with Gasteiger partial charge in [0.05, 0.1) is 6.54 Å². The minimum absolute atomic E-state index is 0.0528. The molecule has 102 valence electrons. The molecule has 2 N–H and O–H groups in total. The van der Waals surface area contributed by atoms with Crippen LogP contribution < -0.4 is 10.6 Å². The van der Waals surface area contributed by atoms with E-state index in [4.69, 9.17) is 4.52 Å². The highest BCUT2D eigenvalue weighted by Crippen LogP contribution is 2.27. The van der Waals surface area contributed by atoms with Crippen LogP contribution in [0.1, 0.15) is 24.6 Å². The van der Waals surface area contributed by atoms with Gasteiger partial charge in [-0.3, -0.25) is 9.69 Å². The molecule has 0 aliphatic carbocycles. The lowest BCUT2D eigenvalue weighted by Gasteiger charge is -2.30. The average Bonchev–Trinajstić information content (AvgIpc) is 2.89. The molecule has 3 amide bonds. The summed E-state index contributed by atoms with van der Waals surface area (Å²) in [6, 6.07) is -0.380. The third-order valence-corrected chi connectivity index (χ3v) is 3.57. The van der Waals surface area contributed by atoms with Crippen molar-refractivity contribution in [2.75, 3.05) is 13.1 Å². The first kappa shape index (κ1) is 12.1. The van der Waals surface area contributed by atoms with Crippen molar-refractivity contribution in [1.82, 2.24) is 25.7 Å². The van der Waals surface area contributed by atoms with E-state index < -0.39 is 5.54 Å². The maximum absolute atomic E-state index is 12.4. The van der Waals surface area contributed by atoms with Gasteiger partial charge in [0.15, 0.2) is 5.82 Å². The second-order valence-corrected chi connectivity index (χ2v) is 4.88. The molecule has 3 rings (SSSR count). The Morgan fingerprint density at radius 1 is 1.37 bits per heavy atom. The van der Waals surface area contributed by atoms with Crippen molar-refractivity contribution in [3.05, 3.63) is 11.7 Å². The zero-order chi connectivity index (χ0) is 13.5. The van der Waals surface area contributed by atoms with E-state index in [9.17, 15) is 9.59 Å². The van der Waals surface area contributed by atoms with Crippen LogP contribution in [0, 0.1) is 6.92 Å². The lowest BCUT2D eigenvalue weighted by Crippen LogP contribution is -2.53. The summed E-state index contributed by atoms with van der Waals surface area (Å²) in [6.45, 7) is 3.16. The van der Waals surface area contributed by atoms with Gasteiger partial charge in [-0.1, -0.05) is 5.16 Å². The van der Waals surface area contributed by atoms with Gasteiger partial charge in [0.25, 0.3) is 5.91 Å². The SMILES string of the molecule is Cc1nc(CN2C(=O)NC3(CCNCC3)C2=O)no1. The molecule has 1 aromatic heterocycles. The Kier molecular flexibility index (Phi) is 2.74. The summed E-state index contributed by atoms with van der Waals surface area (Å²) in [5.41, 5.74) is -0.749. The van der Waals surface area contributed by atoms with E-state index in [1.165, 1.54) is 0 Å². The smallest absolute Gasteiger partial charge is 0.325 e. The lowest BCUT2D eigenvalue weighted by atomic mass is 9.88. The van der Waals surface area contributed by atoms with Gasteiger partial charge >= 0.3 is 6.03 Å². The number of rotatable bonds is 2. The van der Waals surface area contributed by atoms with E-state index in [0.717, 1.165) is 18.0 Å². The van der Waals surface area contributed by atoms with Crippen LogP contribution in [0.4, 0.5) is 4.79 Å². The summed E-state index contributed by atoms with van der Waals surface area (Å²) in [4.78, 5) is 29.6. The summed E-state index contributed by atoms with van der Waals surface area (Å²) < 4.78 is 4.84. The van der Waals surface area contributed by atoms with Crippen LogP contribution in [0.2, 0.25) is 0 Å². The molecule has 19 heavy (non-hydrogen) atoms. The van der Waals surface area contributed by atoms with Crippen LogP contribution in [-0.2, 0) is 11.3 Å². The topological polar surface area (TPSA) is 100 Å². The quantitative estimate of drug-likeness (QED) is 0.703. The number of piperidine rings is 1. The molecule has 2 aliphatic heterocycles. The number of amides is 3. The van der Waals surface area contributed by atoms with Gasteiger partial charge in [0.2, 0.25) is 5.89 Å². The van der Waals surface area contributed by atoms with Crippen LogP contribution in [0.5, 0.6) is 0 Å². The third-order valence-electron chi connectivity index (χ3n) is 3.57. The Morgan fingerprint density at radius 3 is 2.74 bits per heavy atom. The summed E-state index contributed by atoms with van der Waals surface area (Å²) in [5.74, 6) is 0.562. The Morgan fingerprint density at radius 2 is 2.11 bits per heavy atom.